The minimum absolute atomic E-state index is 0.206. The van der Waals surface area contributed by atoms with Crippen LogP contribution in [0.1, 0.15) is 23.0 Å². The number of aryl methyl sites for hydroxylation is 1. The molecule has 30 heavy (non-hydrogen) atoms. The molecule has 0 aliphatic rings. The van der Waals surface area contributed by atoms with E-state index in [0.29, 0.717) is 16.0 Å². The molecule has 5 heteroatoms. The highest BCUT2D eigenvalue weighted by molar-refractivity contribution is 7.85. The molecular weight excluding hydrogens is 393 g/mol. The fraction of sp³-hybridized carbons (Fsp3) is 0.120. The van der Waals surface area contributed by atoms with Gasteiger partial charge in [0, 0.05) is 16.0 Å². The standard InChI is InChI=1S/C25H22NO3P/c1-3-29-25(27)23-18(2)21-16-10-11-17-22(21)24(26-23)30(28,19-12-6-4-7-13-19)20-14-8-5-9-15-20/h4-17H,3H2,1-2H3. The van der Waals surface area contributed by atoms with Crippen molar-refractivity contribution in [3.63, 3.8) is 0 Å². The number of carbonyl (C=O) groups is 1. The van der Waals surface area contributed by atoms with Crippen molar-refractivity contribution in [2.75, 3.05) is 6.61 Å². The second kappa shape index (κ2) is 8.25. The third-order valence-electron chi connectivity index (χ3n) is 5.15. The number of hydrogen-bond donors (Lipinski definition) is 0. The summed E-state index contributed by atoms with van der Waals surface area (Å²) in [4.78, 5) is 17.4. The van der Waals surface area contributed by atoms with Crippen molar-refractivity contribution in [3.8, 4) is 0 Å². The van der Waals surface area contributed by atoms with Gasteiger partial charge >= 0.3 is 5.97 Å². The first-order valence-electron chi connectivity index (χ1n) is 9.85. The Morgan fingerprint density at radius 2 is 1.33 bits per heavy atom. The second-order valence-electron chi connectivity index (χ2n) is 6.96. The third kappa shape index (κ3) is 3.34. The van der Waals surface area contributed by atoms with Gasteiger partial charge in [-0.1, -0.05) is 84.9 Å². The summed E-state index contributed by atoms with van der Waals surface area (Å²) in [6.07, 6.45) is 0. The van der Waals surface area contributed by atoms with Crippen molar-refractivity contribution >= 4 is 39.9 Å². The van der Waals surface area contributed by atoms with Crippen LogP contribution in [0.15, 0.2) is 84.9 Å². The highest BCUT2D eigenvalue weighted by Crippen LogP contribution is 2.44. The Morgan fingerprint density at radius 1 is 0.833 bits per heavy atom. The van der Waals surface area contributed by atoms with E-state index in [1.165, 1.54) is 0 Å². The van der Waals surface area contributed by atoms with Crippen molar-refractivity contribution in [1.82, 2.24) is 4.98 Å². The van der Waals surface area contributed by atoms with Gasteiger partial charge in [0.2, 0.25) is 0 Å². The van der Waals surface area contributed by atoms with E-state index < -0.39 is 13.1 Å². The van der Waals surface area contributed by atoms with E-state index in [0.717, 1.165) is 16.3 Å². The zero-order chi connectivity index (χ0) is 21.1. The minimum atomic E-state index is -3.35. The topological polar surface area (TPSA) is 56.3 Å². The summed E-state index contributed by atoms with van der Waals surface area (Å²) in [6.45, 7) is 3.85. The maximum Gasteiger partial charge on any atom is 0.357 e. The van der Waals surface area contributed by atoms with Crippen LogP contribution in [0.3, 0.4) is 0 Å². The van der Waals surface area contributed by atoms with E-state index in [2.05, 4.69) is 0 Å². The lowest BCUT2D eigenvalue weighted by atomic mass is 10.1. The number of ether oxygens (including phenoxy) is 1. The lowest BCUT2D eigenvalue weighted by molar-refractivity contribution is 0.0519. The molecule has 0 radical (unpaired) electrons. The van der Waals surface area contributed by atoms with Gasteiger partial charge in [-0.15, -0.1) is 0 Å². The van der Waals surface area contributed by atoms with Gasteiger partial charge in [-0.3, -0.25) is 0 Å². The molecule has 4 rings (SSSR count). The normalized spacial score (nSPS) is 11.4. The van der Waals surface area contributed by atoms with E-state index in [1.54, 1.807) is 6.92 Å². The van der Waals surface area contributed by atoms with Crippen LogP contribution in [0.5, 0.6) is 0 Å². The Hall–Kier alpha value is -3.23. The lowest BCUT2D eigenvalue weighted by Gasteiger charge is -2.22. The summed E-state index contributed by atoms with van der Waals surface area (Å²) in [5.74, 6) is -0.505. The first-order valence-corrected chi connectivity index (χ1v) is 11.6. The molecule has 0 amide bonds. The van der Waals surface area contributed by atoms with Crippen LogP contribution in [0.2, 0.25) is 0 Å². The summed E-state index contributed by atoms with van der Waals surface area (Å²) in [5.41, 5.74) is 1.34. The van der Waals surface area contributed by atoms with Crippen molar-refractivity contribution < 1.29 is 14.1 Å². The van der Waals surface area contributed by atoms with Crippen LogP contribution in [-0.2, 0) is 9.30 Å². The van der Waals surface area contributed by atoms with Gasteiger partial charge in [0.25, 0.3) is 0 Å². The highest BCUT2D eigenvalue weighted by Gasteiger charge is 2.34. The highest BCUT2D eigenvalue weighted by atomic mass is 31.2. The number of fused-ring (bicyclic) bond motifs is 1. The van der Waals surface area contributed by atoms with E-state index in [-0.39, 0.29) is 12.3 Å². The summed E-state index contributed by atoms with van der Waals surface area (Å²) in [6, 6.07) is 26.3. The first-order chi connectivity index (χ1) is 14.6. The van der Waals surface area contributed by atoms with Crippen molar-refractivity contribution in [2.24, 2.45) is 0 Å². The number of benzene rings is 3. The monoisotopic (exact) mass is 415 g/mol. The number of pyridine rings is 1. The molecule has 0 fully saturated rings. The van der Waals surface area contributed by atoms with Crippen molar-refractivity contribution in [1.29, 1.82) is 0 Å². The summed E-state index contributed by atoms with van der Waals surface area (Å²) in [7, 11) is -3.35. The predicted octanol–water partition coefficient (Wildman–Crippen LogP) is 4.36. The van der Waals surface area contributed by atoms with E-state index in [4.69, 9.17) is 9.72 Å². The molecule has 0 saturated carbocycles. The molecule has 0 N–H and O–H groups in total. The van der Waals surface area contributed by atoms with Crippen LogP contribution >= 0.6 is 7.14 Å². The number of carbonyl (C=O) groups excluding carboxylic acids is 1. The van der Waals surface area contributed by atoms with Gasteiger partial charge in [-0.05, 0) is 24.8 Å². The number of esters is 1. The van der Waals surface area contributed by atoms with Crippen molar-refractivity contribution in [2.45, 2.75) is 13.8 Å². The number of aromatic nitrogens is 1. The molecule has 1 heterocycles. The minimum Gasteiger partial charge on any atom is -0.461 e. The average Bonchev–Trinajstić information content (AvgIpc) is 2.80. The summed E-state index contributed by atoms with van der Waals surface area (Å²) < 4.78 is 20.1. The Balaban J connectivity index is 2.12. The number of rotatable bonds is 5. The zero-order valence-corrected chi connectivity index (χ0v) is 17.8. The van der Waals surface area contributed by atoms with Crippen LogP contribution in [-0.4, -0.2) is 17.6 Å². The van der Waals surface area contributed by atoms with E-state index in [9.17, 15) is 9.36 Å². The van der Waals surface area contributed by atoms with Crippen molar-refractivity contribution in [3.05, 3.63) is 96.2 Å². The quantitative estimate of drug-likeness (QED) is 0.359. The molecule has 3 aromatic carbocycles. The van der Waals surface area contributed by atoms with Crippen LogP contribution in [0.25, 0.3) is 10.8 Å². The lowest BCUT2D eigenvalue weighted by Crippen LogP contribution is -2.29. The van der Waals surface area contributed by atoms with Crippen LogP contribution < -0.4 is 16.0 Å². The smallest absolute Gasteiger partial charge is 0.357 e. The van der Waals surface area contributed by atoms with Gasteiger partial charge in [0.1, 0.15) is 5.44 Å². The van der Waals surface area contributed by atoms with Gasteiger partial charge < -0.3 is 9.30 Å². The Kier molecular flexibility index (Phi) is 5.52. The summed E-state index contributed by atoms with van der Waals surface area (Å²) >= 11 is 0. The molecule has 0 unspecified atom stereocenters. The molecule has 0 aliphatic carbocycles. The van der Waals surface area contributed by atoms with Crippen LogP contribution in [0, 0.1) is 6.92 Å². The number of hydrogen-bond acceptors (Lipinski definition) is 4. The SMILES string of the molecule is CCOC(=O)c1nc(P(=O)(c2ccccc2)c2ccccc2)c2ccccc2c1C. The molecule has 0 aliphatic heterocycles. The summed E-state index contributed by atoms with van der Waals surface area (Å²) in [5, 5.41) is 2.97. The van der Waals surface area contributed by atoms with Gasteiger partial charge in [0.05, 0.1) is 6.61 Å². The molecule has 1 aromatic heterocycles. The Bertz CT molecular complexity index is 1210. The van der Waals surface area contributed by atoms with Gasteiger partial charge in [0.15, 0.2) is 12.8 Å². The molecule has 4 aromatic rings. The molecule has 0 saturated heterocycles. The second-order valence-corrected chi connectivity index (χ2v) is 9.63. The average molecular weight is 415 g/mol. The van der Waals surface area contributed by atoms with Gasteiger partial charge in [-0.2, -0.15) is 0 Å². The fourth-order valence-corrected chi connectivity index (χ4v) is 6.44. The molecule has 150 valence electrons. The third-order valence-corrected chi connectivity index (χ3v) is 8.14. The molecule has 0 atom stereocenters. The maximum atomic E-state index is 14.9. The Labute approximate surface area is 175 Å². The number of nitrogens with zero attached hydrogens (tertiary/aromatic N) is 1. The zero-order valence-electron chi connectivity index (χ0n) is 16.9. The molecular formula is C25H22NO3P. The molecule has 4 nitrogen and oxygen atoms in total. The maximum absolute atomic E-state index is 14.9. The van der Waals surface area contributed by atoms with E-state index >= 15 is 0 Å². The first kappa shape index (κ1) is 20.1. The molecule has 0 bridgehead atoms. The largest absolute Gasteiger partial charge is 0.461 e. The van der Waals surface area contributed by atoms with Gasteiger partial charge in [-0.25, -0.2) is 9.78 Å². The molecule has 0 spiro atoms. The fourth-order valence-electron chi connectivity index (χ4n) is 3.69. The Morgan fingerprint density at radius 3 is 1.87 bits per heavy atom. The predicted molar refractivity (Wildman–Crippen MR) is 122 cm³/mol. The van der Waals surface area contributed by atoms with Crippen LogP contribution in [0.4, 0.5) is 0 Å². The van der Waals surface area contributed by atoms with E-state index in [1.807, 2.05) is 91.9 Å².